The Kier molecular flexibility index (Phi) is 6.42. The molecule has 0 aliphatic heterocycles. The van der Waals surface area contributed by atoms with Crippen molar-refractivity contribution >= 4 is 45.8 Å². The molecule has 4 rings (SSSR count). The van der Waals surface area contributed by atoms with Gasteiger partial charge in [0.05, 0.1) is 15.4 Å². The standard InChI is InChI=1S/C24H17Cl3O4/c1-2-14-3-5-15(6-4-14)31-22-13-30-21-11-16(7-8-17(21)24(22)28)29-12-18-19(25)9-10-20(26)23(18)27/h3-11,13H,2,12H2,1H3. The second kappa shape index (κ2) is 9.23. The van der Waals surface area contributed by atoms with E-state index in [1.54, 1.807) is 30.3 Å². The van der Waals surface area contributed by atoms with Crippen LogP contribution in [0.2, 0.25) is 15.1 Å². The summed E-state index contributed by atoms with van der Waals surface area (Å²) in [7, 11) is 0. The molecule has 31 heavy (non-hydrogen) atoms. The number of hydrogen-bond donors (Lipinski definition) is 0. The van der Waals surface area contributed by atoms with Gasteiger partial charge in [-0.1, -0.05) is 53.9 Å². The van der Waals surface area contributed by atoms with Crippen LogP contribution in [-0.2, 0) is 13.0 Å². The first-order valence-corrected chi connectivity index (χ1v) is 10.7. The smallest absolute Gasteiger partial charge is 0.235 e. The van der Waals surface area contributed by atoms with Crippen molar-refractivity contribution in [3.63, 3.8) is 0 Å². The molecule has 0 aliphatic carbocycles. The Balaban J connectivity index is 1.55. The highest BCUT2D eigenvalue weighted by molar-refractivity contribution is 6.44. The third kappa shape index (κ3) is 4.67. The molecule has 1 heterocycles. The van der Waals surface area contributed by atoms with Crippen molar-refractivity contribution in [2.75, 3.05) is 0 Å². The van der Waals surface area contributed by atoms with Gasteiger partial charge in [0, 0.05) is 16.7 Å². The Morgan fingerprint density at radius 2 is 1.61 bits per heavy atom. The van der Waals surface area contributed by atoms with E-state index < -0.39 is 0 Å². The highest BCUT2D eigenvalue weighted by Gasteiger charge is 2.13. The molecule has 4 nitrogen and oxygen atoms in total. The second-order valence-electron chi connectivity index (χ2n) is 6.80. The van der Waals surface area contributed by atoms with E-state index in [1.807, 2.05) is 24.3 Å². The van der Waals surface area contributed by atoms with Gasteiger partial charge >= 0.3 is 0 Å². The van der Waals surface area contributed by atoms with Gasteiger partial charge in [0.15, 0.2) is 0 Å². The molecule has 0 aliphatic rings. The molecule has 7 heteroatoms. The molecule has 158 valence electrons. The lowest BCUT2D eigenvalue weighted by Crippen LogP contribution is -2.05. The molecule has 0 spiro atoms. The van der Waals surface area contributed by atoms with Crippen LogP contribution in [0.1, 0.15) is 18.1 Å². The fraction of sp³-hybridized carbons (Fsp3) is 0.125. The average molecular weight is 476 g/mol. The van der Waals surface area contributed by atoms with E-state index >= 15 is 0 Å². The number of fused-ring (bicyclic) bond motifs is 1. The van der Waals surface area contributed by atoms with Crippen LogP contribution in [0.15, 0.2) is 70.1 Å². The summed E-state index contributed by atoms with van der Waals surface area (Å²) in [5.74, 6) is 1.17. The first-order valence-electron chi connectivity index (χ1n) is 9.53. The Bertz CT molecular complexity index is 1300. The van der Waals surface area contributed by atoms with E-state index in [-0.39, 0.29) is 17.8 Å². The van der Waals surface area contributed by atoms with E-state index in [0.29, 0.717) is 43.1 Å². The summed E-state index contributed by atoms with van der Waals surface area (Å²) in [6.07, 6.45) is 2.23. The van der Waals surface area contributed by atoms with Crippen molar-refractivity contribution < 1.29 is 13.9 Å². The van der Waals surface area contributed by atoms with Crippen LogP contribution in [0.3, 0.4) is 0 Å². The van der Waals surface area contributed by atoms with Crippen molar-refractivity contribution in [3.8, 4) is 17.2 Å². The first kappa shape index (κ1) is 21.6. The molecule has 0 saturated carbocycles. The van der Waals surface area contributed by atoms with Gasteiger partial charge in [0.2, 0.25) is 11.2 Å². The molecule has 3 aromatic carbocycles. The van der Waals surface area contributed by atoms with Crippen molar-refractivity contribution in [3.05, 3.63) is 97.3 Å². The minimum absolute atomic E-state index is 0.114. The number of ether oxygens (including phenoxy) is 2. The van der Waals surface area contributed by atoms with Gasteiger partial charge in [-0.15, -0.1) is 0 Å². The van der Waals surface area contributed by atoms with E-state index in [0.717, 1.165) is 6.42 Å². The third-order valence-electron chi connectivity index (χ3n) is 4.80. The van der Waals surface area contributed by atoms with E-state index in [9.17, 15) is 4.79 Å². The van der Waals surface area contributed by atoms with Crippen LogP contribution in [0.25, 0.3) is 11.0 Å². The molecule has 4 aromatic rings. The zero-order chi connectivity index (χ0) is 22.0. The number of rotatable bonds is 6. The second-order valence-corrected chi connectivity index (χ2v) is 7.99. The molecular formula is C24H17Cl3O4. The van der Waals surface area contributed by atoms with Crippen LogP contribution < -0.4 is 14.9 Å². The van der Waals surface area contributed by atoms with Crippen LogP contribution in [-0.4, -0.2) is 0 Å². The van der Waals surface area contributed by atoms with E-state index in [1.165, 1.54) is 11.8 Å². The monoisotopic (exact) mass is 474 g/mol. The van der Waals surface area contributed by atoms with Crippen molar-refractivity contribution in [1.82, 2.24) is 0 Å². The van der Waals surface area contributed by atoms with Crippen molar-refractivity contribution in [1.29, 1.82) is 0 Å². The van der Waals surface area contributed by atoms with Crippen molar-refractivity contribution in [2.45, 2.75) is 20.0 Å². The lowest BCUT2D eigenvalue weighted by Gasteiger charge is -2.11. The normalized spacial score (nSPS) is 11.0. The number of halogens is 3. The quantitative estimate of drug-likeness (QED) is 0.268. The van der Waals surface area contributed by atoms with Gasteiger partial charge in [0.25, 0.3) is 0 Å². The summed E-state index contributed by atoms with van der Waals surface area (Å²) < 4.78 is 17.1. The molecule has 0 fully saturated rings. The molecule has 0 atom stereocenters. The molecule has 0 amide bonds. The Morgan fingerprint density at radius 3 is 2.35 bits per heavy atom. The van der Waals surface area contributed by atoms with Gasteiger partial charge in [0.1, 0.15) is 30.0 Å². The maximum absolute atomic E-state index is 12.8. The minimum atomic E-state index is -0.270. The molecular weight excluding hydrogens is 459 g/mol. The highest BCUT2D eigenvalue weighted by Crippen LogP contribution is 2.32. The summed E-state index contributed by atoms with van der Waals surface area (Å²) in [6, 6.07) is 15.8. The van der Waals surface area contributed by atoms with E-state index in [2.05, 4.69) is 6.92 Å². The summed E-state index contributed by atoms with van der Waals surface area (Å²) in [4.78, 5) is 12.8. The lowest BCUT2D eigenvalue weighted by molar-refractivity contribution is 0.306. The number of benzene rings is 3. The fourth-order valence-electron chi connectivity index (χ4n) is 3.03. The Hall–Kier alpha value is -2.66. The van der Waals surface area contributed by atoms with Crippen LogP contribution in [0.5, 0.6) is 17.2 Å². The molecule has 1 aromatic heterocycles. The number of hydrogen-bond acceptors (Lipinski definition) is 4. The molecule has 0 radical (unpaired) electrons. The number of aryl methyl sites for hydroxylation is 1. The fourth-order valence-corrected chi connectivity index (χ4v) is 3.69. The van der Waals surface area contributed by atoms with Gasteiger partial charge < -0.3 is 13.9 Å². The Labute approximate surface area is 193 Å². The zero-order valence-corrected chi connectivity index (χ0v) is 18.7. The molecule has 0 saturated heterocycles. The summed E-state index contributed by atoms with van der Waals surface area (Å²) in [5.41, 5.74) is 1.87. The lowest BCUT2D eigenvalue weighted by atomic mass is 10.2. The SMILES string of the molecule is CCc1ccc(Oc2coc3cc(OCc4c(Cl)ccc(Cl)c4Cl)ccc3c2=O)cc1. The summed E-state index contributed by atoms with van der Waals surface area (Å²) in [5, 5.41) is 1.57. The van der Waals surface area contributed by atoms with Crippen LogP contribution >= 0.6 is 34.8 Å². The summed E-state index contributed by atoms with van der Waals surface area (Å²) in [6.45, 7) is 2.19. The zero-order valence-electron chi connectivity index (χ0n) is 16.5. The summed E-state index contributed by atoms with van der Waals surface area (Å²) >= 11 is 18.4. The molecule has 0 bridgehead atoms. The molecule has 0 unspecified atom stereocenters. The minimum Gasteiger partial charge on any atom is -0.489 e. The first-order chi connectivity index (χ1) is 15.0. The van der Waals surface area contributed by atoms with Crippen LogP contribution in [0, 0.1) is 0 Å². The van der Waals surface area contributed by atoms with Gasteiger partial charge in [-0.3, -0.25) is 4.79 Å². The van der Waals surface area contributed by atoms with Gasteiger partial charge in [-0.2, -0.15) is 0 Å². The topological polar surface area (TPSA) is 48.7 Å². The maximum atomic E-state index is 12.8. The Morgan fingerprint density at radius 1 is 0.903 bits per heavy atom. The average Bonchev–Trinajstić information content (AvgIpc) is 2.79. The predicted octanol–water partition coefficient (Wildman–Crippen LogP) is 7.69. The van der Waals surface area contributed by atoms with Crippen LogP contribution in [0.4, 0.5) is 0 Å². The largest absolute Gasteiger partial charge is 0.489 e. The maximum Gasteiger partial charge on any atom is 0.235 e. The predicted molar refractivity (Wildman–Crippen MR) is 124 cm³/mol. The van der Waals surface area contributed by atoms with Gasteiger partial charge in [-0.25, -0.2) is 0 Å². The highest BCUT2D eigenvalue weighted by atomic mass is 35.5. The van der Waals surface area contributed by atoms with E-state index in [4.69, 9.17) is 48.7 Å². The van der Waals surface area contributed by atoms with Crippen molar-refractivity contribution in [2.24, 2.45) is 0 Å². The third-order valence-corrected chi connectivity index (χ3v) is 5.99. The molecule has 0 N–H and O–H groups in total. The van der Waals surface area contributed by atoms with Gasteiger partial charge in [-0.05, 0) is 48.4 Å².